The third-order valence-electron chi connectivity index (χ3n) is 3.59. The van der Waals surface area contributed by atoms with Crippen LogP contribution in [0.5, 0.6) is 11.5 Å². The highest BCUT2D eigenvalue weighted by molar-refractivity contribution is 6.10. The van der Waals surface area contributed by atoms with Crippen LogP contribution in [-0.2, 0) is 4.79 Å². The molecule has 0 saturated carbocycles. The number of nitrogens with zero attached hydrogens (tertiary/aromatic N) is 1. The number of carboxylic acids is 1. The lowest BCUT2D eigenvalue weighted by Crippen LogP contribution is -2.14. The minimum Gasteiger partial charge on any atom is -0.493 e. The first kappa shape index (κ1) is 20.5. The average Bonchev–Trinajstić information content (AvgIpc) is 2.66. The first-order chi connectivity index (χ1) is 13.3. The molecule has 0 spiro atoms. The quantitative estimate of drug-likeness (QED) is 0.560. The molecule has 0 aliphatic heterocycles. The van der Waals surface area contributed by atoms with Crippen LogP contribution in [0.25, 0.3) is 6.08 Å². The van der Waals surface area contributed by atoms with Crippen molar-refractivity contribution in [2.75, 3.05) is 12.4 Å². The third kappa shape index (κ3) is 5.35. The van der Waals surface area contributed by atoms with Gasteiger partial charge in [0.1, 0.15) is 11.6 Å². The summed E-state index contributed by atoms with van der Waals surface area (Å²) in [6.45, 7) is 3.79. The molecule has 1 amide bonds. The molecule has 7 nitrogen and oxygen atoms in total. The Bertz CT molecular complexity index is 958. The molecule has 0 unspecified atom stereocenters. The molecule has 2 N–H and O–H groups in total. The van der Waals surface area contributed by atoms with Gasteiger partial charge in [-0.3, -0.25) is 4.79 Å². The number of carboxylic acid groups (broad SMARTS) is 1. The van der Waals surface area contributed by atoms with E-state index in [1.54, 1.807) is 24.3 Å². The second-order valence-electron chi connectivity index (χ2n) is 6.09. The minimum absolute atomic E-state index is 0.0303. The number of amides is 1. The molecular formula is C21H20N2O5. The molecule has 0 atom stereocenters. The van der Waals surface area contributed by atoms with E-state index in [-0.39, 0.29) is 22.9 Å². The Labute approximate surface area is 162 Å². The summed E-state index contributed by atoms with van der Waals surface area (Å²) in [5.74, 6) is -0.716. The number of rotatable bonds is 7. The standard InChI is InChI=1S/C21H20N2O5/c1-13(2)28-18-8-7-14(10-19(18)27-3)9-16(12-22)20(24)23-17-6-4-5-15(11-17)21(25)26/h4-11,13H,1-3H3,(H,23,24)(H,25,26)/b16-9-. The second-order valence-corrected chi connectivity index (χ2v) is 6.09. The minimum atomic E-state index is -1.11. The van der Waals surface area contributed by atoms with Gasteiger partial charge in [0.05, 0.1) is 18.8 Å². The van der Waals surface area contributed by atoms with Crippen molar-refractivity contribution in [3.8, 4) is 17.6 Å². The number of hydrogen-bond acceptors (Lipinski definition) is 5. The number of carbonyl (C=O) groups is 2. The number of anilines is 1. The first-order valence-corrected chi connectivity index (χ1v) is 8.45. The third-order valence-corrected chi connectivity index (χ3v) is 3.59. The molecule has 0 aliphatic rings. The van der Waals surface area contributed by atoms with Crippen LogP contribution in [0.3, 0.4) is 0 Å². The topological polar surface area (TPSA) is 109 Å². The normalized spacial score (nSPS) is 10.9. The predicted octanol–water partition coefficient (Wildman–Crippen LogP) is 3.73. The largest absolute Gasteiger partial charge is 0.493 e. The molecule has 0 heterocycles. The van der Waals surface area contributed by atoms with E-state index in [0.717, 1.165) is 0 Å². The first-order valence-electron chi connectivity index (χ1n) is 8.45. The molecule has 2 rings (SSSR count). The van der Waals surface area contributed by atoms with Gasteiger partial charge in [-0.25, -0.2) is 4.79 Å². The summed E-state index contributed by atoms with van der Waals surface area (Å²) in [6, 6.07) is 12.7. The number of carbonyl (C=O) groups excluding carboxylic acids is 1. The Morgan fingerprint density at radius 2 is 1.93 bits per heavy atom. The maximum Gasteiger partial charge on any atom is 0.335 e. The highest BCUT2D eigenvalue weighted by atomic mass is 16.5. The highest BCUT2D eigenvalue weighted by Crippen LogP contribution is 2.29. The van der Waals surface area contributed by atoms with Crippen LogP contribution < -0.4 is 14.8 Å². The lowest BCUT2D eigenvalue weighted by molar-refractivity contribution is -0.112. The number of aromatic carboxylic acids is 1. The average molecular weight is 380 g/mol. The van der Waals surface area contributed by atoms with Gasteiger partial charge >= 0.3 is 5.97 Å². The summed E-state index contributed by atoms with van der Waals surface area (Å²) in [4.78, 5) is 23.4. The number of benzene rings is 2. The lowest BCUT2D eigenvalue weighted by atomic mass is 10.1. The lowest BCUT2D eigenvalue weighted by Gasteiger charge is -2.14. The van der Waals surface area contributed by atoms with E-state index in [2.05, 4.69) is 5.32 Å². The Morgan fingerprint density at radius 1 is 1.18 bits per heavy atom. The Kier molecular flexibility index (Phi) is 6.77. The molecule has 0 radical (unpaired) electrons. The Morgan fingerprint density at radius 3 is 2.54 bits per heavy atom. The van der Waals surface area contributed by atoms with Crippen LogP contribution in [0.4, 0.5) is 5.69 Å². The van der Waals surface area contributed by atoms with Crippen molar-refractivity contribution in [3.63, 3.8) is 0 Å². The zero-order valence-corrected chi connectivity index (χ0v) is 15.7. The fraction of sp³-hybridized carbons (Fsp3) is 0.190. The molecule has 7 heteroatoms. The fourth-order valence-electron chi connectivity index (χ4n) is 2.37. The smallest absolute Gasteiger partial charge is 0.335 e. The van der Waals surface area contributed by atoms with Crippen LogP contribution in [0, 0.1) is 11.3 Å². The molecule has 0 aromatic heterocycles. The molecule has 0 bridgehead atoms. The molecule has 0 aliphatic carbocycles. The summed E-state index contributed by atoms with van der Waals surface area (Å²) >= 11 is 0. The van der Waals surface area contributed by atoms with E-state index < -0.39 is 11.9 Å². The number of ether oxygens (including phenoxy) is 2. The van der Waals surface area contributed by atoms with Crippen molar-refractivity contribution in [1.82, 2.24) is 0 Å². The van der Waals surface area contributed by atoms with E-state index in [4.69, 9.17) is 14.6 Å². The van der Waals surface area contributed by atoms with Gasteiger partial charge in [0.15, 0.2) is 11.5 Å². The Balaban J connectivity index is 2.25. The van der Waals surface area contributed by atoms with Gasteiger partial charge in [-0.05, 0) is 55.8 Å². The zero-order valence-electron chi connectivity index (χ0n) is 15.7. The van der Waals surface area contributed by atoms with E-state index in [1.807, 2.05) is 19.9 Å². The summed E-state index contributed by atoms with van der Waals surface area (Å²) in [7, 11) is 1.50. The van der Waals surface area contributed by atoms with E-state index >= 15 is 0 Å². The molecular weight excluding hydrogens is 360 g/mol. The number of nitrogens with one attached hydrogen (secondary N) is 1. The van der Waals surface area contributed by atoms with Gasteiger partial charge in [0, 0.05) is 5.69 Å². The van der Waals surface area contributed by atoms with Gasteiger partial charge < -0.3 is 19.9 Å². The van der Waals surface area contributed by atoms with Crippen LogP contribution in [0.2, 0.25) is 0 Å². The van der Waals surface area contributed by atoms with Crippen molar-refractivity contribution in [1.29, 1.82) is 5.26 Å². The van der Waals surface area contributed by atoms with Gasteiger partial charge in [-0.2, -0.15) is 5.26 Å². The molecule has 28 heavy (non-hydrogen) atoms. The van der Waals surface area contributed by atoms with E-state index in [9.17, 15) is 14.9 Å². The van der Waals surface area contributed by atoms with Crippen molar-refractivity contribution in [2.45, 2.75) is 20.0 Å². The van der Waals surface area contributed by atoms with Gasteiger partial charge in [0.25, 0.3) is 5.91 Å². The van der Waals surface area contributed by atoms with Crippen LogP contribution in [0.1, 0.15) is 29.8 Å². The maximum absolute atomic E-state index is 12.4. The molecule has 2 aromatic carbocycles. The monoisotopic (exact) mass is 380 g/mol. The SMILES string of the molecule is COc1cc(/C=C(/C#N)C(=O)Nc2cccc(C(=O)O)c2)ccc1OC(C)C. The molecule has 144 valence electrons. The predicted molar refractivity (Wildman–Crippen MR) is 104 cm³/mol. The van der Waals surface area contributed by atoms with Gasteiger partial charge in [0.2, 0.25) is 0 Å². The van der Waals surface area contributed by atoms with E-state index in [1.165, 1.54) is 31.4 Å². The molecule has 2 aromatic rings. The van der Waals surface area contributed by atoms with E-state index in [0.29, 0.717) is 17.1 Å². The zero-order chi connectivity index (χ0) is 20.7. The van der Waals surface area contributed by atoms with Gasteiger partial charge in [-0.1, -0.05) is 12.1 Å². The van der Waals surface area contributed by atoms with Crippen molar-refractivity contribution >= 4 is 23.6 Å². The van der Waals surface area contributed by atoms with Crippen LogP contribution in [-0.4, -0.2) is 30.2 Å². The van der Waals surface area contributed by atoms with Crippen molar-refractivity contribution < 1.29 is 24.2 Å². The number of methoxy groups -OCH3 is 1. The fourth-order valence-corrected chi connectivity index (χ4v) is 2.37. The van der Waals surface area contributed by atoms with Crippen molar-refractivity contribution in [3.05, 3.63) is 59.2 Å². The number of hydrogen-bond donors (Lipinski definition) is 2. The second kappa shape index (κ2) is 9.24. The molecule has 0 fully saturated rings. The van der Waals surface area contributed by atoms with Crippen molar-refractivity contribution in [2.24, 2.45) is 0 Å². The molecule has 0 saturated heterocycles. The van der Waals surface area contributed by atoms with Gasteiger partial charge in [-0.15, -0.1) is 0 Å². The number of nitriles is 1. The summed E-state index contributed by atoms with van der Waals surface area (Å²) in [5, 5.41) is 20.9. The Hall–Kier alpha value is -3.79. The summed E-state index contributed by atoms with van der Waals surface area (Å²) in [6.07, 6.45) is 1.38. The highest BCUT2D eigenvalue weighted by Gasteiger charge is 2.13. The van der Waals surface area contributed by atoms with Crippen LogP contribution >= 0.6 is 0 Å². The van der Waals surface area contributed by atoms with Crippen LogP contribution in [0.15, 0.2) is 48.0 Å². The maximum atomic E-state index is 12.4. The summed E-state index contributed by atoms with van der Waals surface area (Å²) in [5.41, 5.74) is 0.759. The summed E-state index contributed by atoms with van der Waals surface area (Å²) < 4.78 is 10.9.